The van der Waals surface area contributed by atoms with E-state index in [1.165, 1.54) is 5.56 Å². The van der Waals surface area contributed by atoms with Gasteiger partial charge >= 0.3 is 0 Å². The van der Waals surface area contributed by atoms with Gasteiger partial charge in [-0.25, -0.2) is 9.97 Å². The number of nitrogens with zero attached hydrogens (tertiary/aromatic N) is 2. The molecular weight excluding hydrogens is 210 g/mol. The summed E-state index contributed by atoms with van der Waals surface area (Å²) in [7, 11) is 0. The topological polar surface area (TPSA) is 37.8 Å². The summed E-state index contributed by atoms with van der Waals surface area (Å²) in [6, 6.07) is 10.4. The third-order valence-corrected chi connectivity index (χ3v) is 3.17. The van der Waals surface area contributed by atoms with E-state index < -0.39 is 0 Å². The SMILES string of the molecule is Cc1ccc(-c2ccnc(C3CNC3)n2)cc1. The lowest BCUT2D eigenvalue weighted by molar-refractivity contribution is 0.430. The van der Waals surface area contributed by atoms with Crippen LogP contribution in [0.1, 0.15) is 17.3 Å². The van der Waals surface area contributed by atoms with Crippen LogP contribution >= 0.6 is 0 Å². The first kappa shape index (κ1) is 10.4. The van der Waals surface area contributed by atoms with Crippen LogP contribution in [0.2, 0.25) is 0 Å². The lowest BCUT2D eigenvalue weighted by Gasteiger charge is -2.25. The average Bonchev–Trinajstić information content (AvgIpc) is 2.28. The van der Waals surface area contributed by atoms with E-state index in [1.54, 1.807) is 0 Å². The highest BCUT2D eigenvalue weighted by atomic mass is 15.0. The molecule has 2 aromatic rings. The standard InChI is InChI=1S/C14H15N3/c1-10-2-4-11(5-3-10)13-6-7-16-14(17-13)12-8-15-9-12/h2-7,12,15H,8-9H2,1H3. The Morgan fingerprint density at radius 3 is 2.53 bits per heavy atom. The molecule has 0 aliphatic carbocycles. The maximum atomic E-state index is 4.64. The second-order valence-corrected chi connectivity index (χ2v) is 4.52. The summed E-state index contributed by atoms with van der Waals surface area (Å²) in [5.41, 5.74) is 3.44. The van der Waals surface area contributed by atoms with Crippen molar-refractivity contribution in [1.29, 1.82) is 0 Å². The van der Waals surface area contributed by atoms with Gasteiger partial charge in [0.25, 0.3) is 0 Å². The molecule has 17 heavy (non-hydrogen) atoms. The number of nitrogens with one attached hydrogen (secondary N) is 1. The van der Waals surface area contributed by atoms with Crippen LogP contribution in [-0.4, -0.2) is 23.1 Å². The molecule has 1 aromatic carbocycles. The average molecular weight is 225 g/mol. The Labute approximate surface area is 101 Å². The van der Waals surface area contributed by atoms with Crippen molar-refractivity contribution in [2.24, 2.45) is 0 Å². The molecule has 1 aliphatic heterocycles. The molecule has 1 aromatic heterocycles. The molecule has 3 heteroatoms. The van der Waals surface area contributed by atoms with Crippen LogP contribution in [0.3, 0.4) is 0 Å². The molecule has 1 aliphatic rings. The van der Waals surface area contributed by atoms with E-state index in [0.29, 0.717) is 5.92 Å². The lowest BCUT2D eigenvalue weighted by Crippen LogP contribution is -2.40. The van der Waals surface area contributed by atoms with Gasteiger partial charge in [-0.1, -0.05) is 29.8 Å². The van der Waals surface area contributed by atoms with Crippen LogP contribution in [0.15, 0.2) is 36.5 Å². The Morgan fingerprint density at radius 1 is 1.12 bits per heavy atom. The van der Waals surface area contributed by atoms with Crippen LogP contribution < -0.4 is 5.32 Å². The van der Waals surface area contributed by atoms with E-state index in [1.807, 2.05) is 12.3 Å². The van der Waals surface area contributed by atoms with Gasteiger partial charge in [-0.15, -0.1) is 0 Å². The third-order valence-electron chi connectivity index (χ3n) is 3.17. The Hall–Kier alpha value is -1.74. The zero-order valence-corrected chi connectivity index (χ0v) is 9.85. The Kier molecular flexibility index (Phi) is 2.61. The number of rotatable bonds is 2. The minimum atomic E-state index is 0.486. The first-order chi connectivity index (χ1) is 8.33. The maximum Gasteiger partial charge on any atom is 0.134 e. The molecular formula is C14H15N3. The molecule has 1 saturated heterocycles. The molecule has 2 heterocycles. The van der Waals surface area contributed by atoms with E-state index in [2.05, 4.69) is 46.5 Å². The van der Waals surface area contributed by atoms with Gasteiger partial charge in [0.1, 0.15) is 5.82 Å². The monoisotopic (exact) mass is 225 g/mol. The summed E-state index contributed by atoms with van der Waals surface area (Å²) in [5, 5.41) is 3.25. The van der Waals surface area contributed by atoms with Gasteiger partial charge in [0.05, 0.1) is 5.69 Å². The number of benzene rings is 1. The van der Waals surface area contributed by atoms with Gasteiger partial charge < -0.3 is 5.32 Å². The van der Waals surface area contributed by atoms with Crippen molar-refractivity contribution in [1.82, 2.24) is 15.3 Å². The highest BCUT2D eigenvalue weighted by Crippen LogP contribution is 2.21. The second kappa shape index (κ2) is 4.26. The van der Waals surface area contributed by atoms with Gasteiger partial charge in [0, 0.05) is 30.8 Å². The Morgan fingerprint density at radius 2 is 1.88 bits per heavy atom. The van der Waals surface area contributed by atoms with Crippen molar-refractivity contribution in [2.75, 3.05) is 13.1 Å². The van der Waals surface area contributed by atoms with Crippen molar-refractivity contribution in [3.8, 4) is 11.3 Å². The van der Waals surface area contributed by atoms with Crippen LogP contribution in [0.25, 0.3) is 11.3 Å². The van der Waals surface area contributed by atoms with Crippen molar-refractivity contribution in [2.45, 2.75) is 12.8 Å². The summed E-state index contributed by atoms with van der Waals surface area (Å²) in [6.07, 6.45) is 1.86. The summed E-state index contributed by atoms with van der Waals surface area (Å²) in [6.45, 7) is 4.09. The van der Waals surface area contributed by atoms with Crippen LogP contribution in [0.5, 0.6) is 0 Å². The molecule has 1 N–H and O–H groups in total. The minimum absolute atomic E-state index is 0.486. The van der Waals surface area contributed by atoms with Gasteiger partial charge in [-0.2, -0.15) is 0 Å². The van der Waals surface area contributed by atoms with Crippen LogP contribution in [0.4, 0.5) is 0 Å². The second-order valence-electron chi connectivity index (χ2n) is 4.52. The number of aryl methyl sites for hydroxylation is 1. The molecule has 3 nitrogen and oxygen atoms in total. The minimum Gasteiger partial charge on any atom is -0.315 e. The largest absolute Gasteiger partial charge is 0.315 e. The summed E-state index contributed by atoms with van der Waals surface area (Å²) < 4.78 is 0. The first-order valence-electron chi connectivity index (χ1n) is 5.93. The maximum absolute atomic E-state index is 4.64. The van der Waals surface area contributed by atoms with E-state index in [0.717, 1.165) is 30.2 Å². The fourth-order valence-corrected chi connectivity index (χ4v) is 1.93. The predicted molar refractivity (Wildman–Crippen MR) is 67.8 cm³/mol. The number of hydrogen-bond acceptors (Lipinski definition) is 3. The summed E-state index contributed by atoms with van der Waals surface area (Å²) in [4.78, 5) is 9.00. The molecule has 86 valence electrons. The highest BCUT2D eigenvalue weighted by Gasteiger charge is 2.21. The van der Waals surface area contributed by atoms with Gasteiger partial charge in [0.15, 0.2) is 0 Å². The molecule has 3 rings (SSSR count). The van der Waals surface area contributed by atoms with Crippen molar-refractivity contribution in [3.05, 3.63) is 47.9 Å². The van der Waals surface area contributed by atoms with Gasteiger partial charge in [-0.05, 0) is 13.0 Å². The summed E-state index contributed by atoms with van der Waals surface area (Å²) >= 11 is 0. The highest BCUT2D eigenvalue weighted by molar-refractivity contribution is 5.59. The third kappa shape index (κ3) is 2.06. The molecule has 0 spiro atoms. The van der Waals surface area contributed by atoms with Crippen molar-refractivity contribution >= 4 is 0 Å². The van der Waals surface area contributed by atoms with Gasteiger partial charge in [-0.3, -0.25) is 0 Å². The van der Waals surface area contributed by atoms with E-state index >= 15 is 0 Å². The van der Waals surface area contributed by atoms with Crippen molar-refractivity contribution in [3.63, 3.8) is 0 Å². The van der Waals surface area contributed by atoms with E-state index in [-0.39, 0.29) is 0 Å². The lowest BCUT2D eigenvalue weighted by atomic mass is 10.0. The smallest absolute Gasteiger partial charge is 0.134 e. The fourth-order valence-electron chi connectivity index (χ4n) is 1.93. The Balaban J connectivity index is 1.94. The fraction of sp³-hybridized carbons (Fsp3) is 0.286. The predicted octanol–water partition coefficient (Wildman–Crippen LogP) is 2.14. The molecule has 0 atom stereocenters. The normalized spacial score (nSPS) is 15.6. The zero-order valence-electron chi connectivity index (χ0n) is 9.85. The van der Waals surface area contributed by atoms with E-state index in [9.17, 15) is 0 Å². The van der Waals surface area contributed by atoms with Crippen molar-refractivity contribution < 1.29 is 0 Å². The zero-order chi connectivity index (χ0) is 11.7. The van der Waals surface area contributed by atoms with E-state index in [4.69, 9.17) is 0 Å². The molecule has 0 amide bonds. The molecule has 0 bridgehead atoms. The first-order valence-corrected chi connectivity index (χ1v) is 5.93. The van der Waals surface area contributed by atoms with Gasteiger partial charge in [0.2, 0.25) is 0 Å². The summed E-state index contributed by atoms with van der Waals surface area (Å²) in [5.74, 6) is 1.45. The molecule has 0 radical (unpaired) electrons. The molecule has 0 unspecified atom stereocenters. The number of hydrogen-bond donors (Lipinski definition) is 1. The van der Waals surface area contributed by atoms with Crippen LogP contribution in [-0.2, 0) is 0 Å². The molecule has 1 fully saturated rings. The quantitative estimate of drug-likeness (QED) is 0.851. The van der Waals surface area contributed by atoms with Crippen LogP contribution in [0, 0.1) is 6.92 Å². The number of aromatic nitrogens is 2. The Bertz CT molecular complexity index is 515. The molecule has 0 saturated carbocycles.